The number of para-hydroxylation sites is 1. The average Bonchev–Trinajstić information content (AvgIpc) is 3.37. The summed E-state index contributed by atoms with van der Waals surface area (Å²) in [5.41, 5.74) is -1.12. The Hall–Kier alpha value is -3.62. The highest BCUT2D eigenvalue weighted by Gasteiger charge is 2.62. The standard InChI is InChI=1S/C27H33N3O6/c1-6-17-15-27(17,24(32)34-7-2)29-23(31)21-14-18(16-30(21)25(33)36-26(3,4)5)35-22-12-13-28-20-11-9-8-10-19(20)22/h6,8-13,17-18,21H,1,7,14-16H2,2-5H3,(H,29,31)/t17?,18-,21+,27?/m1/s1. The summed E-state index contributed by atoms with van der Waals surface area (Å²) in [6, 6.07) is 8.48. The van der Waals surface area contributed by atoms with Gasteiger partial charge in [-0.1, -0.05) is 18.2 Å². The van der Waals surface area contributed by atoms with Gasteiger partial charge in [-0.15, -0.1) is 6.58 Å². The van der Waals surface area contributed by atoms with Crippen LogP contribution in [0.25, 0.3) is 10.9 Å². The molecule has 1 aromatic carbocycles. The minimum Gasteiger partial charge on any atom is -0.488 e. The van der Waals surface area contributed by atoms with Crippen LogP contribution in [-0.2, 0) is 19.1 Å². The Morgan fingerprint density at radius 2 is 2.00 bits per heavy atom. The van der Waals surface area contributed by atoms with E-state index < -0.39 is 41.3 Å². The van der Waals surface area contributed by atoms with Gasteiger partial charge in [0, 0.05) is 23.9 Å². The highest BCUT2D eigenvalue weighted by molar-refractivity contribution is 5.95. The molecule has 36 heavy (non-hydrogen) atoms. The summed E-state index contributed by atoms with van der Waals surface area (Å²) < 4.78 is 17.1. The number of pyridine rings is 1. The van der Waals surface area contributed by atoms with Crippen LogP contribution in [0.2, 0.25) is 0 Å². The molecular formula is C27H33N3O6. The van der Waals surface area contributed by atoms with Crippen LogP contribution < -0.4 is 10.1 Å². The number of hydrogen-bond acceptors (Lipinski definition) is 7. The number of fused-ring (bicyclic) bond motifs is 1. The van der Waals surface area contributed by atoms with Gasteiger partial charge in [0.05, 0.1) is 18.7 Å². The first-order chi connectivity index (χ1) is 17.1. The smallest absolute Gasteiger partial charge is 0.411 e. The number of hydrogen-bond donors (Lipinski definition) is 1. The fourth-order valence-corrected chi connectivity index (χ4v) is 4.57. The maximum atomic E-state index is 13.5. The van der Waals surface area contributed by atoms with E-state index in [2.05, 4.69) is 16.9 Å². The molecule has 4 rings (SSSR count). The van der Waals surface area contributed by atoms with E-state index >= 15 is 0 Å². The zero-order valence-corrected chi connectivity index (χ0v) is 21.2. The second kappa shape index (κ2) is 9.79. The van der Waals surface area contributed by atoms with Gasteiger partial charge in [-0.05, 0) is 52.3 Å². The molecule has 192 valence electrons. The lowest BCUT2D eigenvalue weighted by Gasteiger charge is -2.28. The first-order valence-electron chi connectivity index (χ1n) is 12.2. The van der Waals surface area contributed by atoms with Crippen LogP contribution in [-0.4, -0.2) is 64.3 Å². The quantitative estimate of drug-likeness (QED) is 0.462. The lowest BCUT2D eigenvalue weighted by atomic mass is 10.1. The Morgan fingerprint density at radius 1 is 1.25 bits per heavy atom. The number of nitrogens with one attached hydrogen (secondary N) is 1. The number of ether oxygens (including phenoxy) is 3. The molecular weight excluding hydrogens is 462 g/mol. The fraction of sp³-hybridized carbons (Fsp3) is 0.481. The molecule has 2 fully saturated rings. The molecule has 1 saturated heterocycles. The van der Waals surface area contributed by atoms with Gasteiger partial charge in [0.1, 0.15) is 29.0 Å². The number of aromatic nitrogens is 1. The van der Waals surface area contributed by atoms with Gasteiger partial charge in [0.25, 0.3) is 0 Å². The molecule has 2 heterocycles. The van der Waals surface area contributed by atoms with E-state index in [-0.39, 0.29) is 25.5 Å². The van der Waals surface area contributed by atoms with Crippen molar-refractivity contribution in [3.05, 3.63) is 49.2 Å². The lowest BCUT2D eigenvalue weighted by molar-refractivity contribution is -0.149. The highest BCUT2D eigenvalue weighted by atomic mass is 16.6. The molecule has 1 aliphatic heterocycles. The number of carbonyl (C=O) groups is 3. The van der Waals surface area contributed by atoms with Crippen molar-refractivity contribution in [3.63, 3.8) is 0 Å². The van der Waals surface area contributed by atoms with Crippen LogP contribution in [0.15, 0.2) is 49.2 Å². The van der Waals surface area contributed by atoms with Crippen LogP contribution in [0.1, 0.15) is 40.5 Å². The minimum atomic E-state index is -1.16. The molecule has 2 aromatic rings. The summed E-state index contributed by atoms with van der Waals surface area (Å²) in [5, 5.41) is 3.69. The average molecular weight is 496 g/mol. The summed E-state index contributed by atoms with van der Waals surface area (Å²) in [6.45, 7) is 11.1. The maximum absolute atomic E-state index is 13.5. The second-order valence-electron chi connectivity index (χ2n) is 10.2. The monoisotopic (exact) mass is 495 g/mol. The second-order valence-corrected chi connectivity index (χ2v) is 10.2. The number of nitrogens with zero attached hydrogens (tertiary/aromatic N) is 2. The van der Waals surface area contributed by atoms with E-state index in [1.165, 1.54) is 4.90 Å². The summed E-state index contributed by atoms with van der Waals surface area (Å²) in [5.74, 6) is -0.565. The van der Waals surface area contributed by atoms with E-state index in [0.717, 1.165) is 10.9 Å². The third-order valence-corrected chi connectivity index (χ3v) is 6.38. The third-order valence-electron chi connectivity index (χ3n) is 6.38. The maximum Gasteiger partial charge on any atom is 0.411 e. The van der Waals surface area contributed by atoms with Crippen molar-refractivity contribution in [3.8, 4) is 5.75 Å². The Labute approximate surface area is 210 Å². The number of likely N-dealkylation sites (tertiary alicyclic amines) is 1. The minimum absolute atomic E-state index is 0.154. The first kappa shape index (κ1) is 25.5. The summed E-state index contributed by atoms with van der Waals surface area (Å²) in [7, 11) is 0. The molecule has 1 aliphatic carbocycles. The van der Waals surface area contributed by atoms with Crippen LogP contribution in [0.5, 0.6) is 5.75 Å². The summed E-state index contributed by atoms with van der Waals surface area (Å²) >= 11 is 0. The van der Waals surface area contributed by atoms with E-state index in [9.17, 15) is 14.4 Å². The number of rotatable bonds is 7. The fourth-order valence-electron chi connectivity index (χ4n) is 4.57. The molecule has 1 N–H and O–H groups in total. The van der Waals surface area contributed by atoms with Gasteiger partial charge in [-0.3, -0.25) is 14.7 Å². The Kier molecular flexibility index (Phi) is 6.93. The van der Waals surface area contributed by atoms with Crippen molar-refractivity contribution in [2.45, 2.75) is 63.8 Å². The molecule has 0 bridgehead atoms. The van der Waals surface area contributed by atoms with Crippen molar-refractivity contribution < 1.29 is 28.6 Å². The number of amides is 2. The van der Waals surface area contributed by atoms with Gasteiger partial charge in [0.2, 0.25) is 5.91 Å². The zero-order chi connectivity index (χ0) is 26.1. The van der Waals surface area contributed by atoms with Crippen molar-refractivity contribution in [1.82, 2.24) is 15.2 Å². The Balaban J connectivity index is 1.57. The molecule has 1 saturated carbocycles. The van der Waals surface area contributed by atoms with Crippen molar-refractivity contribution in [2.24, 2.45) is 5.92 Å². The number of esters is 1. The molecule has 2 amide bonds. The van der Waals surface area contributed by atoms with Gasteiger partial charge in [-0.2, -0.15) is 0 Å². The zero-order valence-electron chi connectivity index (χ0n) is 21.2. The molecule has 4 atom stereocenters. The molecule has 1 aromatic heterocycles. The SMILES string of the molecule is C=CC1CC1(NC(=O)[C@@H]1C[C@@H](Oc2ccnc3ccccc23)CN1C(=O)OC(C)(C)C)C(=O)OCC. The Morgan fingerprint density at radius 3 is 2.67 bits per heavy atom. The van der Waals surface area contributed by atoms with E-state index in [1.54, 1.807) is 46.0 Å². The topological polar surface area (TPSA) is 107 Å². The van der Waals surface area contributed by atoms with Gasteiger partial charge < -0.3 is 19.5 Å². The van der Waals surface area contributed by atoms with Gasteiger partial charge >= 0.3 is 12.1 Å². The van der Waals surface area contributed by atoms with Crippen molar-refractivity contribution >= 4 is 28.9 Å². The van der Waals surface area contributed by atoms with Crippen LogP contribution >= 0.6 is 0 Å². The lowest BCUT2D eigenvalue weighted by Crippen LogP contribution is -2.53. The molecule has 9 nitrogen and oxygen atoms in total. The Bertz CT molecular complexity index is 1170. The number of benzene rings is 1. The van der Waals surface area contributed by atoms with Crippen LogP contribution in [0.4, 0.5) is 4.79 Å². The molecule has 0 radical (unpaired) electrons. The molecule has 2 unspecified atom stereocenters. The van der Waals surface area contributed by atoms with Crippen molar-refractivity contribution in [2.75, 3.05) is 13.2 Å². The summed E-state index contributed by atoms with van der Waals surface area (Å²) in [6.07, 6.45) is 2.86. The van der Waals surface area contributed by atoms with Gasteiger partial charge in [0.15, 0.2) is 0 Å². The largest absolute Gasteiger partial charge is 0.488 e. The predicted molar refractivity (Wildman–Crippen MR) is 133 cm³/mol. The highest BCUT2D eigenvalue weighted by Crippen LogP contribution is 2.45. The molecule has 9 heteroatoms. The summed E-state index contributed by atoms with van der Waals surface area (Å²) in [4.78, 5) is 45.0. The van der Waals surface area contributed by atoms with Crippen LogP contribution in [0, 0.1) is 5.92 Å². The van der Waals surface area contributed by atoms with E-state index in [1.807, 2.05) is 24.3 Å². The third kappa shape index (κ3) is 5.15. The molecule has 2 aliphatic rings. The van der Waals surface area contributed by atoms with E-state index in [4.69, 9.17) is 14.2 Å². The van der Waals surface area contributed by atoms with Crippen molar-refractivity contribution in [1.29, 1.82) is 0 Å². The van der Waals surface area contributed by atoms with Gasteiger partial charge in [-0.25, -0.2) is 9.59 Å². The number of carbonyl (C=O) groups excluding carboxylic acids is 3. The van der Waals surface area contributed by atoms with E-state index in [0.29, 0.717) is 12.2 Å². The molecule has 0 spiro atoms. The predicted octanol–water partition coefficient (Wildman–Crippen LogP) is 3.62. The van der Waals surface area contributed by atoms with Crippen LogP contribution in [0.3, 0.4) is 0 Å². The first-order valence-corrected chi connectivity index (χ1v) is 12.2. The normalized spacial score (nSPS) is 25.2.